The molecule has 0 aliphatic rings. The van der Waals surface area contributed by atoms with Crippen LogP contribution in [0.5, 0.6) is 0 Å². The Labute approximate surface area is 653 Å². The lowest BCUT2D eigenvalue weighted by Gasteiger charge is -2.20. The Kier molecular flexibility index (Phi) is 77.4. The number of unbranched alkanes of at least 4 members (excludes halogenated alkanes) is 48. The fourth-order valence-electron chi connectivity index (χ4n) is 12.5. The van der Waals surface area contributed by atoms with Crippen LogP contribution in [0.15, 0.2) is 74.0 Å². The summed E-state index contributed by atoms with van der Waals surface area (Å²) < 4.78 is 0. The number of carbonyl (C=O) groups is 6. The number of nitrogens with one attached hydrogen (secondary N) is 6. The Morgan fingerprint density at radius 1 is 0.262 bits per heavy atom. The lowest BCUT2D eigenvalue weighted by molar-refractivity contribution is -0.131. The van der Waals surface area contributed by atoms with Crippen molar-refractivity contribution >= 4 is 66.3 Å². The predicted octanol–water partition coefficient (Wildman–Crippen LogP) is 21.5. The molecular formula is C88H161N13O6. The van der Waals surface area contributed by atoms with Crippen LogP contribution in [-0.2, 0) is 28.8 Å². The van der Waals surface area contributed by atoms with Gasteiger partial charge < -0.3 is 22.1 Å². The van der Waals surface area contributed by atoms with E-state index in [1.807, 2.05) is 0 Å². The van der Waals surface area contributed by atoms with Crippen molar-refractivity contribution < 1.29 is 28.8 Å². The minimum atomic E-state index is -1.35. The highest BCUT2D eigenvalue weighted by molar-refractivity contribution is 5.93. The van der Waals surface area contributed by atoms with Crippen molar-refractivity contribution in [2.45, 2.75) is 444 Å². The molecule has 3 atom stereocenters. The number of carbonyl (C=O) groups excluding carboxylic acids is 6. The van der Waals surface area contributed by atoms with E-state index in [1.54, 1.807) is 24.9 Å². The van der Waals surface area contributed by atoms with Crippen LogP contribution in [0.2, 0.25) is 0 Å². The van der Waals surface area contributed by atoms with Crippen LogP contribution in [0.25, 0.3) is 0 Å². The molecule has 0 unspecified atom stereocenters. The zero-order chi connectivity index (χ0) is 77.9. The van der Waals surface area contributed by atoms with Gasteiger partial charge >= 0.3 is 0 Å². The second kappa shape index (κ2) is 82.2. The van der Waals surface area contributed by atoms with Gasteiger partial charge in [0, 0.05) is 44.1 Å². The van der Waals surface area contributed by atoms with Crippen LogP contribution >= 0.6 is 0 Å². The molecular weight excluding hydrogens is 1340 g/mol. The first kappa shape index (κ1) is 101. The standard InChI is InChI=1S/C88H161N13O6/c1-5-9-13-17-21-25-29-33-37-41-45-49-53-57-61-65-75-91-98-83(103)73-70-80(86(106)100-93-77-67-63-59-55-51-47-43-39-35-31-27-23-19-15-11-7-3)95-82(102)72-69-79(97-88(89)90)85(105)96-81(87(107)101-94-78-68-64-60-56-52-48-44-40-36-32-28-24-20-16-12-8-4)71-74-84(104)99-92-76-66-62-58-54-50-46-42-38-34-30-26-22-18-14-10-6-2/h45-52,75-81H,5-44,53-74H2,1-4H3,(H,95,102)(H,96,105)(H,98,103)(H,99,104)(H,100,106)(H,101,107)(H4,89,90,97)/b49-45-,50-46-,51-47-,52-48-,91-75+,92-76+,93-77+,94-78+/t79-,80-,81-/m0/s1. The molecule has 0 fully saturated rings. The van der Waals surface area contributed by atoms with E-state index in [9.17, 15) is 28.8 Å². The molecule has 0 radical (unpaired) electrons. The zero-order valence-electron chi connectivity index (χ0n) is 68.8. The van der Waals surface area contributed by atoms with Crippen molar-refractivity contribution in [3.8, 4) is 0 Å². The summed E-state index contributed by atoms with van der Waals surface area (Å²) in [6.07, 6.45) is 89.9. The Hall–Kier alpha value is -6.27. The number of hydrazone groups is 4. The molecule has 107 heavy (non-hydrogen) atoms. The number of hydrogen-bond acceptors (Lipinski definition) is 11. The summed E-state index contributed by atoms with van der Waals surface area (Å²) in [6.45, 7) is 9.02. The molecule has 0 rings (SSSR count). The van der Waals surface area contributed by atoms with Gasteiger partial charge in [0.05, 0.1) is 0 Å². The van der Waals surface area contributed by atoms with E-state index in [2.05, 4.69) is 134 Å². The summed E-state index contributed by atoms with van der Waals surface area (Å²) in [7, 11) is 0. The SMILES string of the molecule is CCCCCCCCCCC/C=C\CCCC/C=N/NC(=O)CC[C@H](NC(=O)CC[C@H](N=C(N)N)C(=O)N[C@@H](CCC(=O)N/N=C/CCCC/C=C\CCCCCCCCCCC)C(=O)N/N=C/CCCC/C=C\CCCCCCCCCCC)C(=O)N/N=C/CCCC/C=C\CCCCCCCCCCC. The molecule has 19 nitrogen and oxygen atoms in total. The van der Waals surface area contributed by atoms with Gasteiger partial charge in [0.25, 0.3) is 11.8 Å². The average molecular weight is 1500 g/mol. The normalized spacial score (nSPS) is 12.8. The second-order valence-electron chi connectivity index (χ2n) is 29.6. The first-order valence-corrected chi connectivity index (χ1v) is 44.0. The van der Waals surface area contributed by atoms with Gasteiger partial charge in [0.2, 0.25) is 23.6 Å². The molecule has 0 heterocycles. The van der Waals surface area contributed by atoms with Gasteiger partial charge in [-0.25, -0.2) is 26.7 Å². The minimum Gasteiger partial charge on any atom is -0.370 e. The monoisotopic (exact) mass is 1500 g/mol. The lowest BCUT2D eigenvalue weighted by Crippen LogP contribution is -2.49. The summed E-state index contributed by atoms with van der Waals surface area (Å²) in [6, 6.07) is -3.78. The topological polar surface area (TPSA) is 288 Å². The van der Waals surface area contributed by atoms with Crippen LogP contribution in [-0.4, -0.2) is 84.4 Å². The molecule has 0 aliphatic heterocycles. The second-order valence-corrected chi connectivity index (χ2v) is 29.6. The van der Waals surface area contributed by atoms with Gasteiger partial charge in [0.1, 0.15) is 18.1 Å². The molecule has 0 aromatic rings. The molecule has 0 saturated heterocycles. The maximum atomic E-state index is 14.1. The highest BCUT2D eigenvalue weighted by Gasteiger charge is 2.28. The summed E-state index contributed by atoms with van der Waals surface area (Å²) in [5, 5.41) is 22.0. The number of nitrogens with zero attached hydrogens (tertiary/aromatic N) is 5. The third-order valence-corrected chi connectivity index (χ3v) is 19.3. The summed E-state index contributed by atoms with van der Waals surface area (Å²) >= 11 is 0. The Bertz CT molecular complexity index is 2380. The van der Waals surface area contributed by atoms with Crippen LogP contribution in [0, 0.1) is 0 Å². The molecule has 0 saturated carbocycles. The maximum absolute atomic E-state index is 14.1. The third kappa shape index (κ3) is 75.0. The van der Waals surface area contributed by atoms with Crippen molar-refractivity contribution in [2.75, 3.05) is 0 Å². The van der Waals surface area contributed by atoms with Crippen molar-refractivity contribution in [3.63, 3.8) is 0 Å². The minimum absolute atomic E-state index is 0.0740. The fraction of sp³-hybridized carbons (Fsp3) is 0.784. The van der Waals surface area contributed by atoms with Gasteiger partial charge in [0.15, 0.2) is 5.96 Å². The summed E-state index contributed by atoms with van der Waals surface area (Å²) in [4.78, 5) is 85.7. The van der Waals surface area contributed by atoms with Gasteiger partial charge in [-0.2, -0.15) is 20.4 Å². The van der Waals surface area contributed by atoms with Crippen LogP contribution in [0.1, 0.15) is 426 Å². The molecule has 0 aliphatic carbocycles. The highest BCUT2D eigenvalue weighted by atomic mass is 16.2. The number of amides is 6. The van der Waals surface area contributed by atoms with Crippen molar-refractivity contribution in [2.24, 2.45) is 36.9 Å². The van der Waals surface area contributed by atoms with E-state index in [0.29, 0.717) is 25.7 Å². The van der Waals surface area contributed by atoms with Crippen molar-refractivity contribution in [1.82, 2.24) is 32.3 Å². The summed E-state index contributed by atoms with van der Waals surface area (Å²) in [5.41, 5.74) is 21.9. The van der Waals surface area contributed by atoms with Crippen LogP contribution < -0.4 is 43.8 Å². The molecule has 6 amide bonds. The van der Waals surface area contributed by atoms with E-state index >= 15 is 0 Å². The molecule has 0 bridgehead atoms. The van der Waals surface area contributed by atoms with Crippen LogP contribution in [0.3, 0.4) is 0 Å². The smallest absolute Gasteiger partial charge is 0.262 e. The number of aliphatic imine (C=N–C) groups is 1. The third-order valence-electron chi connectivity index (χ3n) is 19.3. The molecule has 19 heteroatoms. The van der Waals surface area contributed by atoms with Gasteiger partial charge in [-0.3, -0.25) is 28.8 Å². The summed E-state index contributed by atoms with van der Waals surface area (Å²) in [5.74, 6) is -4.00. The Morgan fingerprint density at radius 3 is 0.757 bits per heavy atom. The maximum Gasteiger partial charge on any atom is 0.262 e. The number of guanidine groups is 1. The largest absolute Gasteiger partial charge is 0.370 e. The van der Waals surface area contributed by atoms with E-state index in [1.165, 1.54) is 231 Å². The van der Waals surface area contributed by atoms with Crippen LogP contribution in [0.4, 0.5) is 0 Å². The first-order valence-electron chi connectivity index (χ1n) is 44.0. The number of nitrogens with two attached hydrogens (primary N) is 2. The molecule has 0 aromatic heterocycles. The predicted molar refractivity (Wildman–Crippen MR) is 456 cm³/mol. The van der Waals surface area contributed by atoms with Crippen molar-refractivity contribution in [1.29, 1.82) is 0 Å². The van der Waals surface area contributed by atoms with Crippen molar-refractivity contribution in [3.05, 3.63) is 48.6 Å². The molecule has 0 spiro atoms. The van der Waals surface area contributed by atoms with Gasteiger partial charge in [-0.1, -0.05) is 282 Å². The molecule has 614 valence electrons. The van der Waals surface area contributed by atoms with Gasteiger partial charge in [-0.05, 0) is 173 Å². The Morgan fingerprint density at radius 2 is 0.486 bits per heavy atom. The van der Waals surface area contributed by atoms with Gasteiger partial charge in [-0.15, -0.1) is 0 Å². The molecule has 10 N–H and O–H groups in total. The number of rotatable bonds is 79. The lowest BCUT2D eigenvalue weighted by atomic mass is 10.1. The zero-order valence-corrected chi connectivity index (χ0v) is 68.8. The number of hydrogen-bond donors (Lipinski definition) is 8. The average Bonchev–Trinajstić information content (AvgIpc) is 0.885. The van der Waals surface area contributed by atoms with E-state index < -0.39 is 59.5 Å². The first-order chi connectivity index (χ1) is 52.5. The fourth-order valence-corrected chi connectivity index (χ4v) is 12.5. The van der Waals surface area contributed by atoms with E-state index in [4.69, 9.17) is 11.5 Å². The Balaban J connectivity index is 5.82. The highest BCUT2D eigenvalue weighted by Crippen LogP contribution is 2.17. The number of allylic oxidation sites excluding steroid dienone is 8. The molecule has 0 aromatic carbocycles. The van der Waals surface area contributed by atoms with E-state index in [0.717, 1.165) is 103 Å². The van der Waals surface area contributed by atoms with E-state index in [-0.39, 0.29) is 38.5 Å². The quantitative estimate of drug-likeness (QED) is 0.00950.